The van der Waals surface area contributed by atoms with Crippen molar-refractivity contribution in [2.24, 2.45) is 23.9 Å². The number of hydrogen-bond donors (Lipinski definition) is 1. The Morgan fingerprint density at radius 2 is 2.16 bits per heavy atom. The van der Waals surface area contributed by atoms with E-state index in [2.05, 4.69) is 25.5 Å². The molecule has 38 heavy (non-hydrogen) atoms. The quantitative estimate of drug-likeness (QED) is 0.392. The van der Waals surface area contributed by atoms with Gasteiger partial charge < -0.3 is 14.0 Å². The van der Waals surface area contributed by atoms with Crippen molar-refractivity contribution >= 4 is 52.1 Å². The molecular formula is C26H24ClN8O3+. The molecule has 0 radical (unpaired) electrons. The Hall–Kier alpha value is -4.09. The minimum Gasteiger partial charge on any atom is -0.450 e. The van der Waals surface area contributed by atoms with Crippen molar-refractivity contribution in [3.8, 4) is 11.5 Å². The van der Waals surface area contributed by atoms with Crippen molar-refractivity contribution in [1.29, 1.82) is 0 Å². The number of nitrogens with zero attached hydrogens (tertiary/aromatic N) is 7. The molecule has 12 heteroatoms. The van der Waals surface area contributed by atoms with Gasteiger partial charge in [0.15, 0.2) is 29.1 Å². The number of amides is 1. The molecule has 4 aromatic rings. The molecule has 192 valence electrons. The molecule has 1 unspecified atom stereocenters. The number of pyridine rings is 2. The van der Waals surface area contributed by atoms with Gasteiger partial charge in [0.05, 0.1) is 30.6 Å². The van der Waals surface area contributed by atoms with Crippen LogP contribution in [-0.2, 0) is 16.6 Å². The topological polar surface area (TPSA) is 111 Å². The first-order valence-corrected chi connectivity index (χ1v) is 12.9. The highest BCUT2D eigenvalue weighted by Gasteiger charge is 2.38. The second-order valence-electron chi connectivity index (χ2n) is 9.65. The summed E-state index contributed by atoms with van der Waals surface area (Å²) in [5.41, 5.74) is 6.32. The first kappa shape index (κ1) is 23.1. The maximum absolute atomic E-state index is 13.3. The van der Waals surface area contributed by atoms with E-state index in [0.29, 0.717) is 58.5 Å². The molecule has 6 heterocycles. The Morgan fingerprint density at radius 3 is 2.97 bits per heavy atom. The van der Waals surface area contributed by atoms with Crippen molar-refractivity contribution in [2.45, 2.75) is 19.3 Å². The summed E-state index contributed by atoms with van der Waals surface area (Å²) in [5.74, 6) is 1.58. The van der Waals surface area contributed by atoms with E-state index in [1.54, 1.807) is 27.0 Å². The lowest BCUT2D eigenvalue weighted by molar-refractivity contribution is -0.493. The SMILES string of the molecule is Cn1c(/N=C2\C=C(C3CC3)N/[N+](=C/C3CCOC3)C2=O)nc2ncc(Oc3cnn4ccccc34)c(Cl)c21. The first-order valence-electron chi connectivity index (χ1n) is 12.5. The van der Waals surface area contributed by atoms with Gasteiger partial charge in [-0.1, -0.05) is 17.7 Å². The highest BCUT2D eigenvalue weighted by Crippen LogP contribution is 2.38. The average molecular weight is 532 g/mol. The molecule has 1 aliphatic carbocycles. The van der Waals surface area contributed by atoms with E-state index in [1.807, 2.05) is 36.7 Å². The fraction of sp³-hybridized carbons (Fsp3) is 0.308. The number of hydrogen-bond acceptors (Lipinski definition) is 8. The van der Waals surface area contributed by atoms with Gasteiger partial charge in [-0.2, -0.15) is 15.5 Å². The number of carbonyl (C=O) groups is 1. The van der Waals surface area contributed by atoms with E-state index >= 15 is 0 Å². The number of allylic oxidation sites excluding steroid dienone is 1. The number of hydrazone groups is 1. The molecule has 1 saturated heterocycles. The molecule has 11 nitrogen and oxygen atoms in total. The van der Waals surface area contributed by atoms with Crippen molar-refractivity contribution in [1.82, 2.24) is 29.6 Å². The van der Waals surface area contributed by atoms with Crippen LogP contribution in [0.15, 0.2) is 53.6 Å². The van der Waals surface area contributed by atoms with Crippen molar-refractivity contribution in [3.05, 3.63) is 53.6 Å². The largest absolute Gasteiger partial charge is 0.465 e. The summed E-state index contributed by atoms with van der Waals surface area (Å²) in [6.45, 7) is 1.31. The van der Waals surface area contributed by atoms with Crippen LogP contribution in [0.5, 0.6) is 11.5 Å². The highest BCUT2D eigenvalue weighted by atomic mass is 35.5. The Labute approximate surface area is 222 Å². The van der Waals surface area contributed by atoms with Crippen LogP contribution in [0.3, 0.4) is 0 Å². The van der Waals surface area contributed by atoms with Crippen LogP contribution in [-0.4, -0.2) is 59.9 Å². The van der Waals surface area contributed by atoms with Crippen LogP contribution < -0.4 is 10.2 Å². The number of nitrogens with one attached hydrogen (secondary N) is 1. The maximum Gasteiger partial charge on any atom is 0.465 e. The number of ether oxygens (including phenoxy) is 2. The summed E-state index contributed by atoms with van der Waals surface area (Å²) < 4.78 is 16.5. The van der Waals surface area contributed by atoms with Gasteiger partial charge in [-0.05, 0) is 42.2 Å². The lowest BCUT2D eigenvalue weighted by Crippen LogP contribution is -2.44. The van der Waals surface area contributed by atoms with Crippen LogP contribution in [0.4, 0.5) is 5.95 Å². The molecule has 1 saturated carbocycles. The number of aryl methyl sites for hydroxylation is 1. The Balaban J connectivity index is 1.25. The summed E-state index contributed by atoms with van der Waals surface area (Å²) in [6.07, 6.45) is 11.8. The van der Waals surface area contributed by atoms with Gasteiger partial charge in [-0.15, -0.1) is 0 Å². The van der Waals surface area contributed by atoms with Gasteiger partial charge in [0.1, 0.15) is 16.1 Å². The van der Waals surface area contributed by atoms with E-state index in [4.69, 9.17) is 21.1 Å². The van der Waals surface area contributed by atoms with Crippen LogP contribution in [0.2, 0.25) is 5.02 Å². The van der Waals surface area contributed by atoms with E-state index < -0.39 is 0 Å². The lowest BCUT2D eigenvalue weighted by Gasteiger charge is -2.13. The summed E-state index contributed by atoms with van der Waals surface area (Å²) in [4.78, 5) is 27.0. The van der Waals surface area contributed by atoms with Gasteiger partial charge >= 0.3 is 5.91 Å². The van der Waals surface area contributed by atoms with Crippen LogP contribution in [0.25, 0.3) is 16.7 Å². The molecule has 3 aliphatic rings. The van der Waals surface area contributed by atoms with Crippen molar-refractivity contribution in [2.75, 3.05) is 13.2 Å². The zero-order valence-corrected chi connectivity index (χ0v) is 21.3. The van der Waals surface area contributed by atoms with E-state index in [9.17, 15) is 4.79 Å². The molecule has 4 aromatic heterocycles. The molecule has 2 aliphatic heterocycles. The van der Waals surface area contributed by atoms with Crippen LogP contribution >= 0.6 is 11.6 Å². The third kappa shape index (κ3) is 4.04. The summed E-state index contributed by atoms with van der Waals surface area (Å²) in [5, 5.41) is 4.64. The average Bonchev–Trinajstić information content (AvgIpc) is 3.35. The predicted molar refractivity (Wildman–Crippen MR) is 140 cm³/mol. The fourth-order valence-electron chi connectivity index (χ4n) is 4.71. The summed E-state index contributed by atoms with van der Waals surface area (Å²) in [7, 11) is 1.79. The van der Waals surface area contributed by atoms with Crippen LogP contribution in [0.1, 0.15) is 19.3 Å². The smallest absolute Gasteiger partial charge is 0.450 e. The second-order valence-corrected chi connectivity index (χ2v) is 10.0. The number of fused-ring (bicyclic) bond motifs is 2. The van der Waals surface area contributed by atoms with E-state index in [-0.39, 0.29) is 11.8 Å². The number of aliphatic imine (C=N–C) groups is 1. The molecule has 0 bridgehead atoms. The molecular weight excluding hydrogens is 508 g/mol. The molecule has 0 aromatic carbocycles. The van der Waals surface area contributed by atoms with Crippen molar-refractivity contribution in [3.63, 3.8) is 0 Å². The third-order valence-electron chi connectivity index (χ3n) is 6.93. The fourth-order valence-corrected chi connectivity index (χ4v) is 5.01. The first-order chi connectivity index (χ1) is 18.5. The number of rotatable bonds is 5. The second kappa shape index (κ2) is 9.03. The van der Waals surface area contributed by atoms with Gasteiger partial charge in [0, 0.05) is 25.8 Å². The third-order valence-corrected chi connectivity index (χ3v) is 7.30. The molecule has 7 rings (SSSR count). The minimum atomic E-state index is -0.246. The summed E-state index contributed by atoms with van der Waals surface area (Å²) in [6, 6.07) is 5.70. The maximum atomic E-state index is 13.3. The number of halogens is 1. The minimum absolute atomic E-state index is 0.177. The molecule has 1 atom stereocenters. The zero-order valence-electron chi connectivity index (χ0n) is 20.5. The van der Waals surface area contributed by atoms with Gasteiger partial charge in [0.2, 0.25) is 5.95 Å². The zero-order chi connectivity index (χ0) is 25.8. The van der Waals surface area contributed by atoms with Crippen molar-refractivity contribution < 1.29 is 19.0 Å². The summed E-state index contributed by atoms with van der Waals surface area (Å²) >= 11 is 6.78. The monoisotopic (exact) mass is 531 g/mol. The van der Waals surface area contributed by atoms with Gasteiger partial charge in [-0.25, -0.2) is 19.3 Å². The number of carbonyl (C=O) groups excluding carboxylic acids is 1. The number of hydrazine groups is 1. The predicted octanol–water partition coefficient (Wildman–Crippen LogP) is 3.59. The van der Waals surface area contributed by atoms with Crippen LogP contribution in [0, 0.1) is 11.8 Å². The molecule has 1 amide bonds. The Morgan fingerprint density at radius 1 is 1.26 bits per heavy atom. The van der Waals surface area contributed by atoms with Gasteiger partial charge in [-0.3, -0.25) is 0 Å². The molecule has 2 fully saturated rings. The highest BCUT2D eigenvalue weighted by molar-refractivity contribution is 6.41. The normalized spacial score (nSPS) is 22.0. The number of aromatic nitrogens is 5. The van der Waals surface area contributed by atoms with E-state index in [0.717, 1.165) is 30.5 Å². The molecule has 1 N–H and O–H groups in total. The van der Waals surface area contributed by atoms with Gasteiger partial charge in [0.25, 0.3) is 0 Å². The Kier molecular flexibility index (Phi) is 5.48. The standard InChI is InChI=1S/C26H24ClN8O3/c1-33-23-22(27)21(38-20-12-29-34-8-3-2-4-19(20)34)11-28-24(23)31-26(33)30-18-10-17(16-5-6-16)32-35(25(18)36)13-15-7-9-37-14-15/h2-4,8,10-13,15-16,32H,5-7,9,14H2,1H3/q+1/b30-18+,35-13+. The Bertz CT molecular complexity index is 1690. The lowest BCUT2D eigenvalue weighted by atomic mass is 10.1. The molecule has 0 spiro atoms. The number of imidazole rings is 1. The van der Waals surface area contributed by atoms with E-state index in [1.165, 1.54) is 6.20 Å².